The second-order valence-electron chi connectivity index (χ2n) is 9.52. The minimum absolute atomic E-state index is 0.265. The predicted molar refractivity (Wildman–Crippen MR) is 141 cm³/mol. The van der Waals surface area contributed by atoms with Crippen LogP contribution < -0.4 is 10.6 Å². The normalized spacial score (nSPS) is 14.8. The van der Waals surface area contributed by atoms with Crippen molar-refractivity contribution in [2.45, 2.75) is 27.3 Å². The van der Waals surface area contributed by atoms with Crippen LogP contribution in [0, 0.1) is 26.6 Å². The van der Waals surface area contributed by atoms with Gasteiger partial charge >= 0.3 is 0 Å². The highest BCUT2D eigenvalue weighted by Gasteiger charge is 2.23. The average molecular weight is 501 g/mol. The van der Waals surface area contributed by atoms with E-state index in [9.17, 15) is 4.39 Å². The summed E-state index contributed by atoms with van der Waals surface area (Å²) in [6.45, 7) is 11.0. The molecule has 0 radical (unpaired) electrons. The number of nitrogens with two attached hydrogens (primary N) is 1. The van der Waals surface area contributed by atoms with Gasteiger partial charge in [-0.05, 0) is 44.5 Å². The van der Waals surface area contributed by atoms with E-state index in [-0.39, 0.29) is 5.82 Å². The predicted octanol–water partition coefficient (Wildman–Crippen LogP) is 3.00. The van der Waals surface area contributed by atoms with Gasteiger partial charge in [0.15, 0.2) is 11.5 Å². The maximum absolute atomic E-state index is 14.3. The van der Waals surface area contributed by atoms with Crippen molar-refractivity contribution in [2.24, 2.45) is 0 Å². The van der Waals surface area contributed by atoms with E-state index in [0.717, 1.165) is 67.3 Å². The Hall–Kier alpha value is -4.12. The number of nitrogen functional groups attached to an aromatic ring is 1. The number of fused-ring (bicyclic) bond motifs is 3. The Labute approximate surface area is 213 Å². The third kappa shape index (κ3) is 4.05. The van der Waals surface area contributed by atoms with Gasteiger partial charge in [0.2, 0.25) is 11.8 Å². The molecule has 1 fully saturated rings. The van der Waals surface area contributed by atoms with Crippen LogP contribution in [-0.4, -0.2) is 71.7 Å². The quantitative estimate of drug-likeness (QED) is 0.393. The molecule has 1 aliphatic rings. The molecule has 37 heavy (non-hydrogen) atoms. The Kier molecular flexibility index (Phi) is 5.71. The zero-order chi connectivity index (χ0) is 25.7. The summed E-state index contributed by atoms with van der Waals surface area (Å²) in [5.41, 5.74) is 12.2. The number of halogens is 1. The van der Waals surface area contributed by atoms with Crippen LogP contribution >= 0.6 is 0 Å². The number of rotatable bonds is 5. The first kappa shape index (κ1) is 23.3. The molecule has 0 aliphatic carbocycles. The second-order valence-corrected chi connectivity index (χ2v) is 9.52. The first-order chi connectivity index (χ1) is 17.9. The molecule has 5 aromatic heterocycles. The summed E-state index contributed by atoms with van der Waals surface area (Å²) in [6, 6.07) is 7.47. The van der Waals surface area contributed by atoms with E-state index in [1.165, 1.54) is 6.20 Å². The fraction of sp³-hybridized carbons (Fsp3) is 0.346. The van der Waals surface area contributed by atoms with E-state index in [2.05, 4.69) is 43.3 Å². The van der Waals surface area contributed by atoms with Crippen LogP contribution in [0.2, 0.25) is 0 Å². The van der Waals surface area contributed by atoms with Gasteiger partial charge in [-0.25, -0.2) is 9.37 Å². The molecule has 11 heteroatoms. The highest BCUT2D eigenvalue weighted by Crippen LogP contribution is 2.30. The van der Waals surface area contributed by atoms with Gasteiger partial charge in [0, 0.05) is 56.9 Å². The van der Waals surface area contributed by atoms with Crippen LogP contribution in [0.3, 0.4) is 0 Å². The first-order valence-electron chi connectivity index (χ1n) is 12.4. The molecule has 0 atom stereocenters. The Balaban J connectivity index is 1.24. The summed E-state index contributed by atoms with van der Waals surface area (Å²) < 4.78 is 18.1. The number of hydrogen-bond acceptors (Lipinski definition) is 8. The van der Waals surface area contributed by atoms with Crippen LogP contribution in [0.25, 0.3) is 28.2 Å². The van der Waals surface area contributed by atoms with Crippen molar-refractivity contribution in [1.82, 2.24) is 39.0 Å². The number of aromatic nitrogens is 7. The summed E-state index contributed by atoms with van der Waals surface area (Å²) in [5.74, 6) is 0.544. The monoisotopic (exact) mass is 500 g/mol. The van der Waals surface area contributed by atoms with Crippen LogP contribution in [0.1, 0.15) is 17.0 Å². The molecule has 1 saturated heterocycles. The number of nitrogens with zero attached hydrogens (tertiary/aromatic N) is 9. The molecule has 0 bridgehead atoms. The largest absolute Gasteiger partial charge is 0.368 e. The van der Waals surface area contributed by atoms with Crippen molar-refractivity contribution in [3.63, 3.8) is 0 Å². The molecule has 5 aromatic rings. The van der Waals surface area contributed by atoms with E-state index < -0.39 is 0 Å². The maximum Gasteiger partial charge on any atom is 0.225 e. The summed E-state index contributed by atoms with van der Waals surface area (Å²) in [4.78, 5) is 22.5. The molecule has 190 valence electrons. The van der Waals surface area contributed by atoms with E-state index in [1.807, 2.05) is 31.2 Å². The molecule has 1 aliphatic heterocycles. The Morgan fingerprint density at radius 3 is 2.54 bits per heavy atom. The molecule has 0 saturated carbocycles. The van der Waals surface area contributed by atoms with E-state index >= 15 is 0 Å². The van der Waals surface area contributed by atoms with Gasteiger partial charge in [-0.3, -0.25) is 14.9 Å². The van der Waals surface area contributed by atoms with Crippen molar-refractivity contribution in [3.05, 3.63) is 59.4 Å². The lowest BCUT2D eigenvalue weighted by Gasteiger charge is -2.36. The summed E-state index contributed by atoms with van der Waals surface area (Å²) >= 11 is 0. The SMILES string of the molecule is Cc1cc(N2CCN(CCn3c(C)c(C)c4c3nc(N)n3nc(-c5ccccn5)nc43)CC2)c(F)cn1. The molecule has 10 nitrogen and oxygen atoms in total. The average Bonchev–Trinajstić information content (AvgIpc) is 3.45. The van der Waals surface area contributed by atoms with Gasteiger partial charge in [-0.15, -0.1) is 5.10 Å². The highest BCUT2D eigenvalue weighted by molar-refractivity contribution is 5.95. The zero-order valence-electron chi connectivity index (χ0n) is 21.2. The fourth-order valence-corrected chi connectivity index (χ4v) is 5.12. The summed E-state index contributed by atoms with van der Waals surface area (Å²) in [5, 5.41) is 5.53. The van der Waals surface area contributed by atoms with E-state index in [1.54, 1.807) is 10.7 Å². The summed E-state index contributed by atoms with van der Waals surface area (Å²) in [6.07, 6.45) is 3.03. The smallest absolute Gasteiger partial charge is 0.225 e. The zero-order valence-corrected chi connectivity index (χ0v) is 21.2. The number of piperazine rings is 1. The first-order valence-corrected chi connectivity index (χ1v) is 12.4. The molecule has 0 aromatic carbocycles. The molecule has 6 heterocycles. The molecular formula is C26H29FN10. The second kappa shape index (κ2) is 9.07. The van der Waals surface area contributed by atoms with Crippen molar-refractivity contribution in [2.75, 3.05) is 43.4 Å². The van der Waals surface area contributed by atoms with Gasteiger partial charge in [-0.2, -0.15) is 9.50 Å². The molecule has 0 spiro atoms. The Morgan fingerprint density at radius 1 is 0.973 bits per heavy atom. The third-order valence-corrected chi connectivity index (χ3v) is 7.29. The number of aryl methyl sites for hydroxylation is 2. The molecular weight excluding hydrogens is 471 g/mol. The number of pyridine rings is 2. The van der Waals surface area contributed by atoms with Gasteiger partial charge in [-0.1, -0.05) is 6.07 Å². The van der Waals surface area contributed by atoms with Crippen molar-refractivity contribution in [3.8, 4) is 11.5 Å². The maximum atomic E-state index is 14.3. The van der Waals surface area contributed by atoms with Gasteiger partial charge in [0.1, 0.15) is 11.3 Å². The lowest BCUT2D eigenvalue weighted by Crippen LogP contribution is -2.47. The van der Waals surface area contributed by atoms with Crippen LogP contribution in [0.5, 0.6) is 0 Å². The highest BCUT2D eigenvalue weighted by atomic mass is 19.1. The van der Waals surface area contributed by atoms with E-state index in [4.69, 9.17) is 15.7 Å². The third-order valence-electron chi connectivity index (χ3n) is 7.29. The lowest BCUT2D eigenvalue weighted by molar-refractivity contribution is 0.248. The molecule has 2 N–H and O–H groups in total. The Bertz CT molecular complexity index is 1600. The minimum atomic E-state index is -0.265. The molecule has 0 unspecified atom stereocenters. The lowest BCUT2D eigenvalue weighted by atomic mass is 10.2. The van der Waals surface area contributed by atoms with E-state index in [0.29, 0.717) is 28.8 Å². The number of hydrogen-bond donors (Lipinski definition) is 1. The molecule has 6 rings (SSSR count). The Morgan fingerprint density at radius 2 is 1.78 bits per heavy atom. The van der Waals surface area contributed by atoms with Gasteiger partial charge < -0.3 is 15.2 Å². The van der Waals surface area contributed by atoms with Crippen molar-refractivity contribution < 1.29 is 4.39 Å². The van der Waals surface area contributed by atoms with Gasteiger partial charge in [0.25, 0.3) is 0 Å². The van der Waals surface area contributed by atoms with Gasteiger partial charge in [0.05, 0.1) is 17.3 Å². The summed E-state index contributed by atoms with van der Waals surface area (Å²) in [7, 11) is 0. The standard InChI is InChI=1S/C26H29FN10/c1-16-14-21(19(27)15-30-16)35-11-8-34(9-12-35)10-13-36-18(3)17(2)22-24(36)32-26(28)37-25(22)31-23(33-37)20-6-4-5-7-29-20/h4-7,14-15H,8-13H2,1-3H3,(H2,28,32). The topological polar surface area (TPSA) is 106 Å². The number of anilines is 2. The van der Waals surface area contributed by atoms with Crippen molar-refractivity contribution >= 4 is 28.3 Å². The van der Waals surface area contributed by atoms with Crippen LogP contribution in [-0.2, 0) is 6.54 Å². The fourth-order valence-electron chi connectivity index (χ4n) is 5.12. The van der Waals surface area contributed by atoms with Crippen LogP contribution in [0.15, 0.2) is 36.7 Å². The minimum Gasteiger partial charge on any atom is -0.368 e. The molecule has 0 amide bonds. The van der Waals surface area contributed by atoms with Crippen molar-refractivity contribution in [1.29, 1.82) is 0 Å². The van der Waals surface area contributed by atoms with Crippen LogP contribution in [0.4, 0.5) is 16.0 Å².